The van der Waals surface area contributed by atoms with Crippen LogP contribution in [0.3, 0.4) is 0 Å². The molecule has 0 saturated heterocycles. The van der Waals surface area contributed by atoms with Crippen LogP contribution in [0.25, 0.3) is 10.9 Å². The van der Waals surface area contributed by atoms with E-state index in [-0.39, 0.29) is 18.3 Å². The lowest BCUT2D eigenvalue weighted by Crippen LogP contribution is -2.43. The summed E-state index contributed by atoms with van der Waals surface area (Å²) < 4.78 is 0. The van der Waals surface area contributed by atoms with Crippen LogP contribution in [0.5, 0.6) is 0 Å². The van der Waals surface area contributed by atoms with E-state index in [9.17, 15) is 4.79 Å². The minimum Gasteiger partial charge on any atom is -0.361 e. The summed E-state index contributed by atoms with van der Waals surface area (Å²) in [6, 6.07) is 13.3. The van der Waals surface area contributed by atoms with E-state index in [4.69, 9.17) is 5.73 Å². The Balaban J connectivity index is 0.00000225. The van der Waals surface area contributed by atoms with Crippen molar-refractivity contribution < 1.29 is 4.79 Å². The second kappa shape index (κ2) is 8.65. The zero-order valence-corrected chi connectivity index (χ0v) is 15.0. The second-order valence-corrected chi connectivity index (χ2v) is 6.00. The van der Waals surface area contributed by atoms with E-state index in [1.165, 1.54) is 0 Å². The van der Waals surface area contributed by atoms with E-state index in [2.05, 4.69) is 9.97 Å². The Hall–Kier alpha value is -2.37. The normalized spacial score (nSPS) is 11.8. The Labute approximate surface area is 153 Å². The third-order valence-corrected chi connectivity index (χ3v) is 4.24. The quantitative estimate of drug-likeness (QED) is 0.711. The van der Waals surface area contributed by atoms with Crippen LogP contribution in [0, 0.1) is 0 Å². The van der Waals surface area contributed by atoms with Gasteiger partial charge in [-0.1, -0.05) is 24.3 Å². The number of fused-ring (bicyclic) bond motifs is 1. The van der Waals surface area contributed by atoms with E-state index in [0.717, 1.165) is 28.6 Å². The standard InChI is InChI=1S/C19H22N4O.ClH/c1-23(11-9-15-6-4-5-10-21-15)19(24)17(20)12-14-13-22-18-8-3-2-7-16(14)18;/h2-8,10,13,17,22H,9,11-12,20H2,1H3;1H/t17-;/m0./s1. The zero-order valence-electron chi connectivity index (χ0n) is 14.2. The third-order valence-electron chi connectivity index (χ3n) is 4.24. The molecule has 25 heavy (non-hydrogen) atoms. The fraction of sp³-hybridized carbons (Fsp3) is 0.263. The van der Waals surface area contributed by atoms with E-state index in [0.29, 0.717) is 13.0 Å². The number of para-hydroxylation sites is 1. The molecule has 0 saturated carbocycles. The molecule has 0 bridgehead atoms. The highest BCUT2D eigenvalue weighted by atomic mass is 35.5. The minimum absolute atomic E-state index is 0. The van der Waals surface area contributed by atoms with Gasteiger partial charge >= 0.3 is 0 Å². The van der Waals surface area contributed by atoms with Gasteiger partial charge in [0.1, 0.15) is 0 Å². The molecule has 0 fully saturated rings. The lowest BCUT2D eigenvalue weighted by atomic mass is 10.0. The number of aromatic nitrogens is 2. The van der Waals surface area contributed by atoms with E-state index in [1.54, 1.807) is 18.1 Å². The molecule has 3 aromatic rings. The van der Waals surface area contributed by atoms with Gasteiger partial charge in [0.05, 0.1) is 6.04 Å². The monoisotopic (exact) mass is 358 g/mol. The largest absolute Gasteiger partial charge is 0.361 e. The number of carbonyl (C=O) groups excluding carboxylic acids is 1. The first kappa shape index (κ1) is 19.0. The smallest absolute Gasteiger partial charge is 0.239 e. The molecule has 132 valence electrons. The third kappa shape index (κ3) is 4.59. The molecule has 1 aromatic carbocycles. The van der Waals surface area contributed by atoms with E-state index in [1.807, 2.05) is 48.7 Å². The number of aromatic amines is 1. The molecule has 6 heteroatoms. The maximum Gasteiger partial charge on any atom is 0.239 e. The van der Waals surface area contributed by atoms with E-state index < -0.39 is 6.04 Å². The molecule has 1 atom stereocenters. The van der Waals surface area contributed by atoms with Gasteiger partial charge in [-0.2, -0.15) is 0 Å². The zero-order chi connectivity index (χ0) is 16.9. The molecular weight excluding hydrogens is 336 g/mol. The predicted octanol–water partition coefficient (Wildman–Crippen LogP) is 2.56. The van der Waals surface area contributed by atoms with Crippen LogP contribution in [0.4, 0.5) is 0 Å². The van der Waals surface area contributed by atoms with Crippen molar-refractivity contribution in [1.82, 2.24) is 14.9 Å². The van der Waals surface area contributed by atoms with Crippen LogP contribution in [0.2, 0.25) is 0 Å². The summed E-state index contributed by atoms with van der Waals surface area (Å²) in [6.45, 7) is 0.609. The number of nitrogens with one attached hydrogen (secondary N) is 1. The van der Waals surface area contributed by atoms with Gasteiger partial charge in [0.15, 0.2) is 0 Å². The summed E-state index contributed by atoms with van der Waals surface area (Å²) in [5, 5.41) is 1.12. The van der Waals surface area contributed by atoms with Crippen LogP contribution < -0.4 is 5.73 Å². The Bertz CT molecular complexity index is 818. The molecule has 0 aliphatic rings. The molecule has 3 rings (SSSR count). The highest BCUT2D eigenvalue weighted by Crippen LogP contribution is 2.19. The van der Waals surface area contributed by atoms with Crippen molar-refractivity contribution in [2.24, 2.45) is 5.73 Å². The number of amides is 1. The Morgan fingerprint density at radius 2 is 2.00 bits per heavy atom. The maximum absolute atomic E-state index is 12.5. The topological polar surface area (TPSA) is 75.0 Å². The second-order valence-electron chi connectivity index (χ2n) is 6.00. The highest BCUT2D eigenvalue weighted by Gasteiger charge is 2.19. The summed E-state index contributed by atoms with van der Waals surface area (Å²) >= 11 is 0. The van der Waals surface area contributed by atoms with Gasteiger partial charge in [-0.25, -0.2) is 0 Å². The van der Waals surface area contributed by atoms with Crippen LogP contribution in [-0.2, 0) is 17.6 Å². The molecule has 0 spiro atoms. The number of H-pyrrole nitrogens is 1. The number of likely N-dealkylation sites (N-methyl/N-ethyl adjacent to an activating group) is 1. The average Bonchev–Trinajstić information content (AvgIpc) is 3.03. The fourth-order valence-corrected chi connectivity index (χ4v) is 2.85. The van der Waals surface area contributed by atoms with Gasteiger partial charge in [0, 0.05) is 49.0 Å². The predicted molar refractivity (Wildman–Crippen MR) is 103 cm³/mol. The van der Waals surface area contributed by atoms with Gasteiger partial charge in [0.25, 0.3) is 0 Å². The van der Waals surface area contributed by atoms with Crippen LogP contribution in [-0.4, -0.2) is 40.4 Å². The number of nitrogens with zero attached hydrogens (tertiary/aromatic N) is 2. The Kier molecular flexibility index (Phi) is 6.56. The molecule has 3 N–H and O–H groups in total. The molecule has 5 nitrogen and oxygen atoms in total. The van der Waals surface area contributed by atoms with Crippen molar-refractivity contribution in [1.29, 1.82) is 0 Å². The molecule has 0 radical (unpaired) electrons. The first-order valence-electron chi connectivity index (χ1n) is 8.10. The van der Waals surface area contributed by atoms with Crippen molar-refractivity contribution in [3.63, 3.8) is 0 Å². The summed E-state index contributed by atoms with van der Waals surface area (Å²) in [4.78, 5) is 21.7. The lowest BCUT2D eigenvalue weighted by Gasteiger charge is -2.21. The molecule has 0 aliphatic carbocycles. The lowest BCUT2D eigenvalue weighted by molar-refractivity contribution is -0.131. The molecule has 2 heterocycles. The Morgan fingerprint density at radius 1 is 1.24 bits per heavy atom. The molecular formula is C19H23ClN4O. The fourth-order valence-electron chi connectivity index (χ4n) is 2.85. The highest BCUT2D eigenvalue weighted by molar-refractivity contribution is 5.86. The first-order valence-corrected chi connectivity index (χ1v) is 8.10. The van der Waals surface area contributed by atoms with Crippen molar-refractivity contribution in [3.8, 4) is 0 Å². The molecule has 1 amide bonds. The number of benzene rings is 1. The number of halogens is 1. The van der Waals surface area contributed by atoms with Crippen LogP contribution in [0.15, 0.2) is 54.9 Å². The van der Waals surface area contributed by atoms with Gasteiger partial charge in [-0.3, -0.25) is 9.78 Å². The number of nitrogens with two attached hydrogens (primary N) is 1. The molecule has 0 unspecified atom stereocenters. The first-order chi connectivity index (χ1) is 11.6. The van der Waals surface area contributed by atoms with Gasteiger partial charge in [-0.15, -0.1) is 12.4 Å². The minimum atomic E-state index is -0.544. The summed E-state index contributed by atoms with van der Waals surface area (Å²) in [5.41, 5.74) is 9.26. The number of hydrogen-bond donors (Lipinski definition) is 2. The Morgan fingerprint density at radius 3 is 2.76 bits per heavy atom. The summed E-state index contributed by atoms with van der Waals surface area (Å²) in [5.74, 6) is -0.0452. The van der Waals surface area contributed by atoms with Gasteiger partial charge in [0.2, 0.25) is 5.91 Å². The molecule has 0 aliphatic heterocycles. The maximum atomic E-state index is 12.5. The number of pyridine rings is 1. The number of carbonyl (C=O) groups is 1. The van der Waals surface area contributed by atoms with Crippen LogP contribution in [0.1, 0.15) is 11.3 Å². The van der Waals surface area contributed by atoms with Gasteiger partial charge < -0.3 is 15.6 Å². The van der Waals surface area contributed by atoms with Gasteiger partial charge in [-0.05, 0) is 30.2 Å². The summed E-state index contributed by atoms with van der Waals surface area (Å²) in [6.07, 6.45) is 4.95. The van der Waals surface area contributed by atoms with Crippen molar-refractivity contribution >= 4 is 29.2 Å². The average molecular weight is 359 g/mol. The SMILES string of the molecule is CN(CCc1ccccn1)C(=O)[C@@H](N)Cc1c[nH]c2ccccc12.Cl. The number of rotatable bonds is 6. The summed E-state index contributed by atoms with van der Waals surface area (Å²) in [7, 11) is 1.79. The van der Waals surface area contributed by atoms with Crippen LogP contribution >= 0.6 is 12.4 Å². The van der Waals surface area contributed by atoms with Crippen molar-refractivity contribution in [2.75, 3.05) is 13.6 Å². The molecule has 2 aromatic heterocycles. The van der Waals surface area contributed by atoms with Crippen molar-refractivity contribution in [3.05, 3.63) is 66.1 Å². The van der Waals surface area contributed by atoms with Crippen molar-refractivity contribution in [2.45, 2.75) is 18.9 Å². The van der Waals surface area contributed by atoms with E-state index >= 15 is 0 Å². The number of hydrogen-bond acceptors (Lipinski definition) is 3.